The van der Waals surface area contributed by atoms with Gasteiger partial charge in [0.1, 0.15) is 5.69 Å². The summed E-state index contributed by atoms with van der Waals surface area (Å²) in [6.45, 7) is 10.4. The topological polar surface area (TPSA) is 28.5 Å². The Balaban J connectivity index is 0.000000671. The lowest BCUT2D eigenvalue weighted by molar-refractivity contribution is 0.232. The number of halogens is 1. The fourth-order valence-corrected chi connectivity index (χ4v) is 4.16. The van der Waals surface area contributed by atoms with Crippen LogP contribution in [0.4, 0.5) is 5.69 Å². The van der Waals surface area contributed by atoms with E-state index in [1.807, 2.05) is 52.9 Å². The average molecular weight is 352 g/mol. The molecular formula is C20H34ClN3. The number of aromatic nitrogens is 1. The van der Waals surface area contributed by atoms with Gasteiger partial charge in [-0.15, -0.1) is 0 Å². The van der Waals surface area contributed by atoms with Crippen molar-refractivity contribution < 1.29 is 0 Å². The van der Waals surface area contributed by atoms with Crippen molar-refractivity contribution in [3.05, 3.63) is 22.5 Å². The predicted octanol–water partition coefficient (Wildman–Crippen LogP) is 6.08. The van der Waals surface area contributed by atoms with E-state index < -0.39 is 0 Å². The summed E-state index contributed by atoms with van der Waals surface area (Å²) in [7, 11) is 3.91. The van der Waals surface area contributed by atoms with Crippen molar-refractivity contribution in [1.29, 1.82) is 0 Å². The molecule has 136 valence electrons. The Bertz CT molecular complexity index is 540. The minimum absolute atomic E-state index is 0.585. The van der Waals surface area contributed by atoms with Crippen LogP contribution in [0.15, 0.2) is 11.2 Å². The van der Waals surface area contributed by atoms with Gasteiger partial charge < -0.3 is 4.90 Å². The maximum atomic E-state index is 6.63. The molecule has 0 aliphatic heterocycles. The SMILES string of the molecule is CC.CC.CC1CC2Cc3ncc(N=CN(C)C)c(Cl)c3C(C1)C2. The third kappa shape index (κ3) is 4.95. The van der Waals surface area contributed by atoms with Crippen molar-refractivity contribution in [2.75, 3.05) is 14.1 Å². The van der Waals surface area contributed by atoms with Crippen molar-refractivity contribution >= 4 is 23.6 Å². The molecule has 3 atom stereocenters. The normalized spacial score (nSPS) is 24.2. The average Bonchev–Trinajstić information content (AvgIpc) is 2.57. The molecule has 3 unspecified atom stereocenters. The van der Waals surface area contributed by atoms with E-state index in [0.29, 0.717) is 5.92 Å². The van der Waals surface area contributed by atoms with Gasteiger partial charge >= 0.3 is 0 Å². The Hall–Kier alpha value is -1.09. The summed E-state index contributed by atoms with van der Waals surface area (Å²) in [5, 5.41) is 0.825. The zero-order chi connectivity index (χ0) is 18.3. The number of pyridine rings is 1. The molecule has 2 bridgehead atoms. The lowest BCUT2D eigenvalue weighted by Gasteiger charge is -2.39. The third-order valence-corrected chi connectivity index (χ3v) is 4.87. The number of nitrogens with zero attached hydrogens (tertiary/aromatic N) is 3. The molecule has 2 aliphatic carbocycles. The molecule has 3 nitrogen and oxygen atoms in total. The Morgan fingerprint density at radius 2 is 1.83 bits per heavy atom. The van der Waals surface area contributed by atoms with Crippen LogP contribution in [0.5, 0.6) is 0 Å². The van der Waals surface area contributed by atoms with E-state index in [1.165, 1.54) is 30.5 Å². The Morgan fingerprint density at radius 3 is 2.46 bits per heavy atom. The van der Waals surface area contributed by atoms with Crippen LogP contribution in [-0.4, -0.2) is 30.3 Å². The Labute approximate surface area is 153 Å². The molecule has 0 amide bonds. The van der Waals surface area contributed by atoms with Crippen molar-refractivity contribution in [1.82, 2.24) is 9.88 Å². The van der Waals surface area contributed by atoms with E-state index >= 15 is 0 Å². The first-order valence-corrected chi connectivity index (χ1v) is 9.80. The Morgan fingerprint density at radius 1 is 1.17 bits per heavy atom. The van der Waals surface area contributed by atoms with Crippen molar-refractivity contribution in [2.45, 2.75) is 66.2 Å². The smallest absolute Gasteiger partial charge is 0.102 e. The summed E-state index contributed by atoms with van der Waals surface area (Å²) in [5.41, 5.74) is 3.30. The molecule has 0 radical (unpaired) electrons. The van der Waals surface area contributed by atoms with E-state index in [-0.39, 0.29) is 0 Å². The van der Waals surface area contributed by atoms with Crippen molar-refractivity contribution in [3.8, 4) is 0 Å². The van der Waals surface area contributed by atoms with E-state index in [0.717, 1.165) is 29.0 Å². The second-order valence-electron chi connectivity index (χ2n) is 6.61. The van der Waals surface area contributed by atoms with Gasteiger partial charge in [0.25, 0.3) is 0 Å². The molecule has 2 aliphatic rings. The number of rotatable bonds is 2. The summed E-state index contributed by atoms with van der Waals surface area (Å²) < 4.78 is 0. The fraction of sp³-hybridized carbons (Fsp3) is 0.700. The minimum atomic E-state index is 0.585. The first-order valence-electron chi connectivity index (χ1n) is 9.42. The maximum Gasteiger partial charge on any atom is 0.102 e. The van der Waals surface area contributed by atoms with Gasteiger partial charge in [0.05, 0.1) is 17.6 Å². The molecule has 1 saturated carbocycles. The van der Waals surface area contributed by atoms with E-state index in [4.69, 9.17) is 11.6 Å². The van der Waals surface area contributed by atoms with Gasteiger partial charge in [-0.3, -0.25) is 4.98 Å². The quantitative estimate of drug-likeness (QED) is 0.476. The van der Waals surface area contributed by atoms with Crippen LogP contribution >= 0.6 is 11.6 Å². The molecule has 24 heavy (non-hydrogen) atoms. The largest absolute Gasteiger partial charge is 0.369 e. The molecular weight excluding hydrogens is 318 g/mol. The summed E-state index contributed by atoms with van der Waals surface area (Å²) in [4.78, 5) is 11.0. The highest BCUT2D eigenvalue weighted by Gasteiger charge is 2.36. The van der Waals surface area contributed by atoms with Crippen LogP contribution in [0.1, 0.15) is 71.1 Å². The van der Waals surface area contributed by atoms with Gasteiger partial charge in [0.15, 0.2) is 0 Å². The zero-order valence-corrected chi connectivity index (χ0v) is 17.2. The van der Waals surface area contributed by atoms with Crippen molar-refractivity contribution in [3.63, 3.8) is 0 Å². The summed E-state index contributed by atoms with van der Waals surface area (Å²) in [6.07, 6.45) is 8.56. The lowest BCUT2D eigenvalue weighted by Crippen LogP contribution is -2.28. The van der Waals surface area contributed by atoms with Gasteiger partial charge in [-0.1, -0.05) is 46.2 Å². The lowest BCUT2D eigenvalue weighted by atomic mass is 9.67. The molecule has 1 aromatic rings. The molecule has 1 aromatic heterocycles. The Kier molecular flexibility index (Phi) is 8.75. The van der Waals surface area contributed by atoms with E-state index in [2.05, 4.69) is 16.9 Å². The summed E-state index contributed by atoms with van der Waals surface area (Å²) in [6, 6.07) is 0. The summed E-state index contributed by atoms with van der Waals surface area (Å²) >= 11 is 6.63. The predicted molar refractivity (Wildman–Crippen MR) is 107 cm³/mol. The first-order chi connectivity index (χ1) is 11.5. The van der Waals surface area contributed by atoms with Crippen LogP contribution < -0.4 is 0 Å². The molecule has 4 heteroatoms. The van der Waals surface area contributed by atoms with Crippen LogP contribution in [0, 0.1) is 11.8 Å². The van der Waals surface area contributed by atoms with Gasteiger partial charge in [-0.2, -0.15) is 0 Å². The van der Waals surface area contributed by atoms with Gasteiger partial charge in [0, 0.05) is 19.8 Å². The highest BCUT2D eigenvalue weighted by Crippen LogP contribution is 2.49. The number of aliphatic imine (C=N–C) groups is 1. The minimum Gasteiger partial charge on any atom is -0.369 e. The molecule has 3 rings (SSSR count). The van der Waals surface area contributed by atoms with Gasteiger partial charge in [-0.25, -0.2) is 4.99 Å². The summed E-state index contributed by atoms with van der Waals surface area (Å²) in [5.74, 6) is 2.19. The molecule has 1 heterocycles. The number of hydrogen-bond donors (Lipinski definition) is 0. The highest BCUT2D eigenvalue weighted by molar-refractivity contribution is 6.34. The van der Waals surface area contributed by atoms with E-state index in [9.17, 15) is 0 Å². The van der Waals surface area contributed by atoms with Crippen LogP contribution in [0.2, 0.25) is 5.02 Å². The third-order valence-electron chi connectivity index (χ3n) is 4.47. The number of fused-ring (bicyclic) bond motifs is 4. The second-order valence-corrected chi connectivity index (χ2v) is 6.98. The second kappa shape index (κ2) is 10.0. The van der Waals surface area contributed by atoms with Gasteiger partial charge in [-0.05, 0) is 49.0 Å². The van der Waals surface area contributed by atoms with Crippen molar-refractivity contribution in [2.24, 2.45) is 16.8 Å². The van der Waals surface area contributed by atoms with Crippen LogP contribution in [0.25, 0.3) is 0 Å². The molecule has 0 aromatic carbocycles. The van der Waals surface area contributed by atoms with Gasteiger partial charge in [0.2, 0.25) is 0 Å². The maximum absolute atomic E-state index is 6.63. The zero-order valence-electron chi connectivity index (χ0n) is 16.4. The monoisotopic (exact) mass is 351 g/mol. The molecule has 0 spiro atoms. The highest BCUT2D eigenvalue weighted by atomic mass is 35.5. The molecule has 0 N–H and O–H groups in total. The first kappa shape index (κ1) is 21.0. The fourth-order valence-electron chi connectivity index (χ4n) is 3.80. The molecule has 0 saturated heterocycles. The van der Waals surface area contributed by atoms with Crippen LogP contribution in [0.3, 0.4) is 0 Å². The standard InChI is InChI=1S/C16H22ClN3.2C2H6/c1-10-4-11-6-12(5-10)15-13(7-11)18-8-14(16(15)17)19-9-20(2)3;2*1-2/h8-12H,4-7H2,1-3H3;2*1-2H3. The van der Waals surface area contributed by atoms with Crippen LogP contribution in [-0.2, 0) is 6.42 Å². The molecule has 1 fully saturated rings. The van der Waals surface area contributed by atoms with E-state index in [1.54, 1.807) is 6.34 Å². The number of hydrogen-bond acceptors (Lipinski definition) is 2.